The molecule has 9 nitrogen and oxygen atoms in total. The third kappa shape index (κ3) is 6.44. The van der Waals surface area contributed by atoms with Gasteiger partial charge in [0.1, 0.15) is 21.4 Å². The van der Waals surface area contributed by atoms with Crippen molar-refractivity contribution in [3.05, 3.63) is 66.0 Å². The van der Waals surface area contributed by atoms with E-state index in [1.165, 1.54) is 18.4 Å². The van der Waals surface area contributed by atoms with E-state index in [1.54, 1.807) is 22.9 Å². The summed E-state index contributed by atoms with van der Waals surface area (Å²) in [6, 6.07) is 15.9. The highest BCUT2D eigenvalue weighted by atomic mass is 32.2. The van der Waals surface area contributed by atoms with Crippen LogP contribution in [0.25, 0.3) is 22.8 Å². The van der Waals surface area contributed by atoms with Crippen LogP contribution < -0.4 is 9.64 Å². The van der Waals surface area contributed by atoms with E-state index >= 15 is 0 Å². The van der Waals surface area contributed by atoms with Crippen LogP contribution in [0.2, 0.25) is 0 Å². The summed E-state index contributed by atoms with van der Waals surface area (Å²) in [7, 11) is -3.01. The quantitative estimate of drug-likeness (QED) is 0.300. The predicted molar refractivity (Wildman–Crippen MR) is 143 cm³/mol. The van der Waals surface area contributed by atoms with Gasteiger partial charge in [-0.25, -0.2) is 18.1 Å². The summed E-state index contributed by atoms with van der Waals surface area (Å²) in [5, 5.41) is 8.44. The molecule has 2 aromatic carbocycles. The molecule has 3 heterocycles. The number of ether oxygens (including phenoxy) is 1. The van der Waals surface area contributed by atoms with Gasteiger partial charge in [0.15, 0.2) is 11.5 Å². The number of piperidine rings is 1. The largest absolute Gasteiger partial charge is 0.433 e. The summed E-state index contributed by atoms with van der Waals surface area (Å²) in [5.41, 5.74) is 3.19. The van der Waals surface area contributed by atoms with Crippen LogP contribution in [0.1, 0.15) is 31.2 Å². The maximum atomic E-state index is 13.1. The van der Waals surface area contributed by atoms with Gasteiger partial charge in [-0.05, 0) is 61.7 Å². The van der Waals surface area contributed by atoms with Crippen molar-refractivity contribution in [3.8, 4) is 28.6 Å². The Balaban J connectivity index is 1.27. The Bertz CT molecular complexity index is 1550. The summed E-state index contributed by atoms with van der Waals surface area (Å²) in [4.78, 5) is 6.76. The fraction of sp³-hybridized carbons (Fsp3) is 0.370. The summed E-state index contributed by atoms with van der Waals surface area (Å²) >= 11 is 0. The molecule has 0 unspecified atom stereocenters. The molecule has 5 rings (SSSR count). The van der Waals surface area contributed by atoms with Gasteiger partial charge >= 0.3 is 6.11 Å². The van der Waals surface area contributed by atoms with Crippen LogP contribution >= 0.6 is 0 Å². The van der Waals surface area contributed by atoms with E-state index in [1.807, 2.05) is 25.1 Å². The van der Waals surface area contributed by atoms with Crippen LogP contribution in [0.4, 0.5) is 14.5 Å². The van der Waals surface area contributed by atoms with Crippen molar-refractivity contribution in [3.63, 3.8) is 0 Å². The first kappa shape index (κ1) is 26.8. The molecule has 1 fully saturated rings. The number of hydrogen-bond acceptors (Lipinski definition) is 8. The van der Waals surface area contributed by atoms with Crippen molar-refractivity contribution in [2.75, 3.05) is 24.2 Å². The Morgan fingerprint density at radius 2 is 1.82 bits per heavy atom. The standard InChI is InChI=1S/C27H29F2N5O4S/c1-18-30-26(24-16-25(38-32-24)20-7-9-22(10-8-20)37-27(2,28)29)31-34(18)17-19-5-4-6-21(15-19)33-13-11-23(12-14-33)39(3,35)36/h4-10,15-16,23H,11-14,17H2,1-3H3. The van der Waals surface area contributed by atoms with Gasteiger partial charge in [0.25, 0.3) is 0 Å². The van der Waals surface area contributed by atoms with E-state index < -0.39 is 15.9 Å². The zero-order chi connectivity index (χ0) is 27.8. The molecule has 4 aromatic rings. The molecule has 0 aliphatic carbocycles. The van der Waals surface area contributed by atoms with E-state index in [2.05, 4.69) is 30.9 Å². The van der Waals surface area contributed by atoms with Crippen LogP contribution in [-0.2, 0) is 16.4 Å². The second kappa shape index (κ2) is 10.4. The van der Waals surface area contributed by atoms with Crippen LogP contribution in [0.15, 0.2) is 59.1 Å². The second-order valence-electron chi connectivity index (χ2n) is 9.84. The van der Waals surface area contributed by atoms with Crippen LogP contribution in [0.3, 0.4) is 0 Å². The minimum atomic E-state index is -3.26. The minimum absolute atomic E-state index is 0.0458. The van der Waals surface area contributed by atoms with Crippen LogP contribution in [0, 0.1) is 6.92 Å². The number of nitrogens with zero attached hydrogens (tertiary/aromatic N) is 5. The van der Waals surface area contributed by atoms with Crippen LogP contribution in [-0.4, -0.2) is 59.0 Å². The SMILES string of the molecule is Cc1nc(-c2cc(-c3ccc(OC(C)(F)F)cc3)on2)nn1Cc1cccc(N2CCC(S(C)(=O)=O)CC2)c1. The Morgan fingerprint density at radius 3 is 2.49 bits per heavy atom. The zero-order valence-corrected chi connectivity index (χ0v) is 22.7. The van der Waals surface area contributed by atoms with Gasteiger partial charge in [-0.15, -0.1) is 5.10 Å². The van der Waals surface area contributed by atoms with Crippen molar-refractivity contribution >= 4 is 15.5 Å². The van der Waals surface area contributed by atoms with E-state index in [4.69, 9.17) is 4.52 Å². The summed E-state index contributed by atoms with van der Waals surface area (Å²) in [6.45, 7) is 4.44. The maximum Gasteiger partial charge on any atom is 0.394 e. The van der Waals surface area contributed by atoms with Crippen molar-refractivity contribution in [1.82, 2.24) is 19.9 Å². The molecule has 2 aromatic heterocycles. The molecule has 1 aliphatic heterocycles. The van der Waals surface area contributed by atoms with Gasteiger partial charge in [0.05, 0.1) is 11.8 Å². The van der Waals surface area contributed by atoms with E-state index in [9.17, 15) is 17.2 Å². The summed E-state index contributed by atoms with van der Waals surface area (Å²) < 4.78 is 61.7. The van der Waals surface area contributed by atoms with E-state index in [-0.39, 0.29) is 11.0 Å². The number of sulfone groups is 1. The first-order valence-electron chi connectivity index (χ1n) is 12.5. The lowest BCUT2D eigenvalue weighted by Crippen LogP contribution is -2.39. The molecule has 1 aliphatic rings. The van der Waals surface area contributed by atoms with Gasteiger partial charge in [-0.2, -0.15) is 8.78 Å². The first-order chi connectivity index (χ1) is 18.4. The Morgan fingerprint density at radius 1 is 1.10 bits per heavy atom. The Hall–Kier alpha value is -3.80. The lowest BCUT2D eigenvalue weighted by molar-refractivity contribution is -0.158. The van der Waals surface area contributed by atoms with E-state index in [0.717, 1.165) is 11.3 Å². The number of halogens is 2. The zero-order valence-electron chi connectivity index (χ0n) is 21.8. The molecule has 0 spiro atoms. The number of rotatable bonds is 8. The molecule has 0 atom stereocenters. The van der Waals surface area contributed by atoms with Crippen molar-refractivity contribution in [2.24, 2.45) is 0 Å². The minimum Gasteiger partial charge on any atom is -0.433 e. The highest BCUT2D eigenvalue weighted by Gasteiger charge is 2.27. The Labute approximate surface area is 225 Å². The number of alkyl halides is 2. The van der Waals surface area contributed by atoms with E-state index in [0.29, 0.717) is 68.1 Å². The molecular weight excluding hydrogens is 528 g/mol. The monoisotopic (exact) mass is 557 g/mol. The fourth-order valence-electron chi connectivity index (χ4n) is 4.66. The Kier molecular flexibility index (Phi) is 7.15. The lowest BCUT2D eigenvalue weighted by atomic mass is 10.1. The summed E-state index contributed by atoms with van der Waals surface area (Å²) in [6.07, 6.45) is -0.697. The van der Waals surface area contributed by atoms with Gasteiger partial charge in [-0.3, -0.25) is 0 Å². The highest BCUT2D eigenvalue weighted by molar-refractivity contribution is 7.91. The molecule has 12 heteroatoms. The van der Waals surface area contributed by atoms with Gasteiger partial charge in [0, 0.05) is 43.6 Å². The normalized spacial score (nSPS) is 15.1. The topological polar surface area (TPSA) is 103 Å². The number of hydrogen-bond donors (Lipinski definition) is 0. The number of aromatic nitrogens is 4. The third-order valence-corrected chi connectivity index (χ3v) is 8.37. The number of anilines is 1. The average Bonchev–Trinajstić information content (AvgIpc) is 3.51. The molecule has 1 saturated heterocycles. The second-order valence-corrected chi connectivity index (χ2v) is 12.2. The van der Waals surface area contributed by atoms with Gasteiger partial charge < -0.3 is 14.2 Å². The maximum absolute atomic E-state index is 13.1. The molecule has 39 heavy (non-hydrogen) atoms. The molecule has 0 saturated carbocycles. The third-order valence-electron chi connectivity index (χ3n) is 6.69. The molecule has 0 bridgehead atoms. The summed E-state index contributed by atoms with van der Waals surface area (Å²) in [5.74, 6) is 1.61. The molecule has 206 valence electrons. The average molecular weight is 558 g/mol. The first-order valence-corrected chi connectivity index (χ1v) is 14.5. The van der Waals surface area contributed by atoms with Crippen molar-refractivity contribution in [2.45, 2.75) is 44.6 Å². The van der Waals surface area contributed by atoms with Crippen molar-refractivity contribution < 1.29 is 26.5 Å². The molecule has 0 N–H and O–H groups in total. The number of benzene rings is 2. The molecule has 0 amide bonds. The smallest absolute Gasteiger partial charge is 0.394 e. The predicted octanol–water partition coefficient (Wildman–Crippen LogP) is 4.96. The van der Waals surface area contributed by atoms with Crippen molar-refractivity contribution in [1.29, 1.82) is 0 Å². The molecule has 0 radical (unpaired) electrons. The number of aryl methyl sites for hydroxylation is 1. The molecular formula is C27H29F2N5O4S. The highest BCUT2D eigenvalue weighted by Crippen LogP contribution is 2.29. The lowest BCUT2D eigenvalue weighted by Gasteiger charge is -2.33. The van der Waals surface area contributed by atoms with Crippen LogP contribution in [0.5, 0.6) is 5.75 Å². The fourth-order valence-corrected chi connectivity index (χ4v) is 5.72. The van der Waals surface area contributed by atoms with Gasteiger partial charge in [-0.1, -0.05) is 17.3 Å². The van der Waals surface area contributed by atoms with Gasteiger partial charge in [0.2, 0.25) is 5.82 Å².